The molecule has 0 radical (unpaired) electrons. The molecular formula is C20H24N4O3S. The predicted molar refractivity (Wildman–Crippen MR) is 111 cm³/mol. The molecule has 7 nitrogen and oxygen atoms in total. The molecule has 0 bridgehead atoms. The van der Waals surface area contributed by atoms with Gasteiger partial charge in [-0.1, -0.05) is 6.92 Å². The standard InChI is InChI=1S/C20H24N4O3S/c1-14-9-11-23(12-10-14)13-18-15(2)21-20(28-18)22-19(25)8-5-16-3-6-17(7-4-16)24(26)27/h3-8,14H,9-13H2,1-2H3,(H,21,22,25)/b8-5+. The van der Waals surface area contributed by atoms with Crippen LogP contribution in [0.2, 0.25) is 0 Å². The van der Waals surface area contributed by atoms with Gasteiger partial charge in [0.05, 0.1) is 10.6 Å². The van der Waals surface area contributed by atoms with Gasteiger partial charge in [-0.05, 0) is 62.5 Å². The predicted octanol–water partition coefficient (Wildman–Crippen LogP) is 4.24. The summed E-state index contributed by atoms with van der Waals surface area (Å²) < 4.78 is 0. The molecule has 1 aliphatic heterocycles. The Bertz CT molecular complexity index is 868. The van der Waals surface area contributed by atoms with E-state index in [2.05, 4.69) is 22.1 Å². The zero-order valence-electron chi connectivity index (χ0n) is 16.1. The molecule has 0 atom stereocenters. The van der Waals surface area contributed by atoms with Crippen LogP contribution in [0.25, 0.3) is 6.08 Å². The van der Waals surface area contributed by atoms with E-state index < -0.39 is 4.92 Å². The van der Waals surface area contributed by atoms with Gasteiger partial charge in [0.25, 0.3) is 5.69 Å². The summed E-state index contributed by atoms with van der Waals surface area (Å²) in [4.78, 5) is 30.5. The third kappa shape index (κ3) is 5.46. The van der Waals surface area contributed by atoms with Crippen LogP contribution in [0.5, 0.6) is 0 Å². The first-order valence-electron chi connectivity index (χ1n) is 9.33. The number of nitro groups is 1. The van der Waals surface area contributed by atoms with Crippen LogP contribution in [-0.4, -0.2) is 33.8 Å². The smallest absolute Gasteiger partial charge is 0.269 e. The minimum atomic E-state index is -0.451. The number of likely N-dealkylation sites (tertiary alicyclic amines) is 1. The van der Waals surface area contributed by atoms with Crippen molar-refractivity contribution in [2.45, 2.75) is 33.2 Å². The van der Waals surface area contributed by atoms with Crippen LogP contribution in [-0.2, 0) is 11.3 Å². The molecule has 1 fully saturated rings. The van der Waals surface area contributed by atoms with Crippen LogP contribution >= 0.6 is 11.3 Å². The number of anilines is 1. The van der Waals surface area contributed by atoms with E-state index in [0.717, 1.165) is 36.8 Å². The van der Waals surface area contributed by atoms with Gasteiger partial charge >= 0.3 is 0 Å². The van der Waals surface area contributed by atoms with Gasteiger partial charge in [-0.3, -0.25) is 25.1 Å². The number of piperidine rings is 1. The fraction of sp³-hybridized carbons (Fsp3) is 0.400. The maximum Gasteiger partial charge on any atom is 0.269 e. The first-order chi connectivity index (χ1) is 13.4. The van der Waals surface area contributed by atoms with Crippen molar-refractivity contribution in [3.05, 3.63) is 56.6 Å². The number of hydrogen-bond acceptors (Lipinski definition) is 6. The molecule has 1 aromatic heterocycles. The van der Waals surface area contributed by atoms with Crippen molar-refractivity contribution in [1.82, 2.24) is 9.88 Å². The minimum absolute atomic E-state index is 0.0237. The molecule has 0 saturated carbocycles. The molecular weight excluding hydrogens is 376 g/mol. The van der Waals surface area contributed by atoms with E-state index in [-0.39, 0.29) is 11.6 Å². The van der Waals surface area contributed by atoms with E-state index in [1.807, 2.05) is 6.92 Å². The molecule has 28 heavy (non-hydrogen) atoms. The third-order valence-electron chi connectivity index (χ3n) is 4.90. The fourth-order valence-electron chi connectivity index (χ4n) is 3.08. The number of nitrogens with one attached hydrogen (secondary N) is 1. The number of hydrogen-bond donors (Lipinski definition) is 1. The summed E-state index contributed by atoms with van der Waals surface area (Å²) in [5, 5.41) is 14.1. The van der Waals surface area contributed by atoms with Crippen LogP contribution < -0.4 is 5.32 Å². The average Bonchev–Trinajstić information content (AvgIpc) is 3.01. The van der Waals surface area contributed by atoms with E-state index in [1.54, 1.807) is 18.2 Å². The van der Waals surface area contributed by atoms with Crippen molar-refractivity contribution in [3.8, 4) is 0 Å². The number of nitrogens with zero attached hydrogens (tertiary/aromatic N) is 3. The second-order valence-corrected chi connectivity index (χ2v) is 8.24. The lowest BCUT2D eigenvalue weighted by Gasteiger charge is -2.29. The van der Waals surface area contributed by atoms with Crippen molar-refractivity contribution in [1.29, 1.82) is 0 Å². The van der Waals surface area contributed by atoms with Gasteiger partial charge in [-0.25, -0.2) is 4.98 Å². The van der Waals surface area contributed by atoms with Crippen molar-refractivity contribution in [2.24, 2.45) is 5.92 Å². The van der Waals surface area contributed by atoms with Crippen LogP contribution in [0, 0.1) is 23.0 Å². The number of benzene rings is 1. The monoisotopic (exact) mass is 400 g/mol. The molecule has 2 aromatic rings. The molecule has 148 valence electrons. The molecule has 1 amide bonds. The lowest BCUT2D eigenvalue weighted by Crippen LogP contribution is -2.32. The summed E-state index contributed by atoms with van der Waals surface area (Å²) in [7, 11) is 0. The normalized spacial score (nSPS) is 15.8. The van der Waals surface area contributed by atoms with Gasteiger partial charge in [-0.15, -0.1) is 11.3 Å². The van der Waals surface area contributed by atoms with Gasteiger partial charge in [0.1, 0.15) is 0 Å². The van der Waals surface area contributed by atoms with Crippen molar-refractivity contribution in [3.63, 3.8) is 0 Å². The van der Waals surface area contributed by atoms with Crippen molar-refractivity contribution in [2.75, 3.05) is 18.4 Å². The Hall–Kier alpha value is -2.58. The van der Waals surface area contributed by atoms with E-state index in [0.29, 0.717) is 5.13 Å². The zero-order chi connectivity index (χ0) is 20.1. The molecule has 1 saturated heterocycles. The number of thiazole rings is 1. The van der Waals surface area contributed by atoms with E-state index >= 15 is 0 Å². The summed E-state index contributed by atoms with van der Waals surface area (Å²) >= 11 is 1.52. The molecule has 3 rings (SSSR count). The highest BCUT2D eigenvalue weighted by Crippen LogP contribution is 2.26. The number of carbonyl (C=O) groups is 1. The number of aryl methyl sites for hydroxylation is 1. The Balaban J connectivity index is 1.56. The van der Waals surface area contributed by atoms with Crippen LogP contribution in [0.3, 0.4) is 0 Å². The molecule has 2 heterocycles. The summed E-state index contributed by atoms with van der Waals surface area (Å²) in [5.41, 5.74) is 1.70. The van der Waals surface area contributed by atoms with Crippen LogP contribution in [0.15, 0.2) is 30.3 Å². The van der Waals surface area contributed by atoms with E-state index in [1.165, 1.54) is 47.3 Å². The van der Waals surface area contributed by atoms with Gasteiger partial charge < -0.3 is 0 Å². The highest BCUT2D eigenvalue weighted by Gasteiger charge is 2.18. The zero-order valence-corrected chi connectivity index (χ0v) is 16.9. The number of aromatic nitrogens is 1. The van der Waals surface area contributed by atoms with Gasteiger partial charge in [-0.2, -0.15) is 0 Å². The number of nitro benzene ring substituents is 1. The van der Waals surface area contributed by atoms with Gasteiger partial charge in [0.15, 0.2) is 5.13 Å². The number of rotatable bonds is 6. The highest BCUT2D eigenvalue weighted by atomic mass is 32.1. The van der Waals surface area contributed by atoms with Crippen LogP contribution in [0.4, 0.5) is 10.8 Å². The van der Waals surface area contributed by atoms with Gasteiger partial charge in [0.2, 0.25) is 5.91 Å². The van der Waals surface area contributed by atoms with Crippen LogP contribution in [0.1, 0.15) is 35.9 Å². The Morgan fingerprint density at radius 1 is 1.36 bits per heavy atom. The first-order valence-corrected chi connectivity index (χ1v) is 10.1. The quantitative estimate of drug-likeness (QED) is 0.445. The topological polar surface area (TPSA) is 88.4 Å². The van der Waals surface area contributed by atoms with Gasteiger partial charge in [0, 0.05) is 29.6 Å². The molecule has 8 heteroatoms. The Labute approximate surface area is 168 Å². The number of carbonyl (C=O) groups excluding carboxylic acids is 1. The second-order valence-electron chi connectivity index (χ2n) is 7.16. The molecule has 1 N–H and O–H groups in total. The summed E-state index contributed by atoms with van der Waals surface area (Å²) in [6.07, 6.45) is 5.49. The molecule has 1 aromatic carbocycles. The Morgan fingerprint density at radius 2 is 2.04 bits per heavy atom. The second kappa shape index (κ2) is 9.07. The largest absolute Gasteiger partial charge is 0.298 e. The van der Waals surface area contributed by atoms with Crippen molar-refractivity contribution >= 4 is 34.1 Å². The number of amides is 1. The van der Waals surface area contributed by atoms with E-state index in [4.69, 9.17) is 0 Å². The number of non-ortho nitro benzene ring substituents is 1. The summed E-state index contributed by atoms with van der Waals surface area (Å²) in [6, 6.07) is 6.03. The van der Waals surface area contributed by atoms with Crippen molar-refractivity contribution < 1.29 is 9.72 Å². The van der Waals surface area contributed by atoms with E-state index in [9.17, 15) is 14.9 Å². The molecule has 0 unspecified atom stereocenters. The SMILES string of the molecule is Cc1nc(NC(=O)/C=C/c2ccc([N+](=O)[O-])cc2)sc1CN1CCC(C)CC1. The summed E-state index contributed by atoms with van der Waals surface area (Å²) in [6.45, 7) is 7.37. The molecule has 0 spiro atoms. The Morgan fingerprint density at radius 3 is 2.68 bits per heavy atom. The molecule has 0 aliphatic carbocycles. The first kappa shape index (κ1) is 20.2. The maximum absolute atomic E-state index is 12.2. The Kier molecular flexibility index (Phi) is 6.53. The minimum Gasteiger partial charge on any atom is -0.298 e. The lowest BCUT2D eigenvalue weighted by atomic mass is 9.99. The fourth-order valence-corrected chi connectivity index (χ4v) is 4.09. The highest BCUT2D eigenvalue weighted by molar-refractivity contribution is 7.15. The molecule has 1 aliphatic rings. The lowest BCUT2D eigenvalue weighted by molar-refractivity contribution is -0.384. The average molecular weight is 401 g/mol. The summed E-state index contributed by atoms with van der Waals surface area (Å²) in [5.74, 6) is 0.529. The third-order valence-corrected chi connectivity index (χ3v) is 5.95. The maximum atomic E-state index is 12.2.